The Morgan fingerprint density at radius 3 is 3.00 bits per heavy atom. The van der Waals surface area contributed by atoms with Crippen LogP contribution in [-0.4, -0.2) is 21.0 Å². The number of amidine groups is 1. The highest BCUT2D eigenvalue weighted by Gasteiger charge is 2.03. The smallest absolute Gasteiger partial charge is 0.208 e. The molecule has 0 fully saturated rings. The summed E-state index contributed by atoms with van der Waals surface area (Å²) in [6, 6.07) is 3.60. The predicted molar refractivity (Wildman–Crippen MR) is 68.5 cm³/mol. The van der Waals surface area contributed by atoms with Gasteiger partial charge < -0.3 is 20.7 Å². The van der Waals surface area contributed by atoms with Crippen LogP contribution >= 0.6 is 0 Å². The first kappa shape index (κ1) is 13.0. The van der Waals surface area contributed by atoms with E-state index in [1.165, 1.54) is 0 Å². The van der Waals surface area contributed by atoms with Gasteiger partial charge in [-0.3, -0.25) is 4.98 Å². The number of pyridine rings is 1. The highest BCUT2D eigenvalue weighted by atomic mass is 16.4. The van der Waals surface area contributed by atoms with Crippen molar-refractivity contribution in [3.8, 4) is 0 Å². The SMILES string of the molecule is Cc1cnc(CNCc2ccnc(/C(N)=N/O)c2)o1. The molecule has 0 aliphatic rings. The van der Waals surface area contributed by atoms with Crippen molar-refractivity contribution in [1.29, 1.82) is 0 Å². The van der Waals surface area contributed by atoms with Gasteiger partial charge in [0.1, 0.15) is 11.5 Å². The minimum Gasteiger partial charge on any atom is -0.445 e. The Balaban J connectivity index is 1.92. The topological polar surface area (TPSA) is 110 Å². The maximum absolute atomic E-state index is 8.59. The minimum absolute atomic E-state index is 0.00910. The second-order valence-corrected chi connectivity index (χ2v) is 4.00. The summed E-state index contributed by atoms with van der Waals surface area (Å²) in [5, 5.41) is 14.7. The van der Waals surface area contributed by atoms with Gasteiger partial charge in [0.2, 0.25) is 5.89 Å². The molecular weight excluding hydrogens is 246 g/mol. The standard InChI is InChI=1S/C12H15N5O2/c1-8-5-16-11(19-8)7-14-6-9-2-3-15-10(4-9)12(13)17-18/h2-5,14,18H,6-7H2,1H3,(H2,13,17). The molecule has 0 bridgehead atoms. The van der Waals surface area contributed by atoms with Gasteiger partial charge in [-0.25, -0.2) is 4.98 Å². The zero-order valence-electron chi connectivity index (χ0n) is 10.5. The normalized spacial score (nSPS) is 11.7. The lowest BCUT2D eigenvalue weighted by atomic mass is 10.2. The van der Waals surface area contributed by atoms with Crippen molar-refractivity contribution >= 4 is 5.84 Å². The van der Waals surface area contributed by atoms with Gasteiger partial charge in [0, 0.05) is 12.7 Å². The molecule has 0 radical (unpaired) electrons. The van der Waals surface area contributed by atoms with Gasteiger partial charge in [0.15, 0.2) is 5.84 Å². The fraction of sp³-hybridized carbons (Fsp3) is 0.250. The van der Waals surface area contributed by atoms with E-state index in [0.29, 0.717) is 24.7 Å². The van der Waals surface area contributed by atoms with E-state index in [4.69, 9.17) is 15.4 Å². The van der Waals surface area contributed by atoms with Crippen LogP contribution in [0.4, 0.5) is 0 Å². The molecule has 0 spiro atoms. The number of rotatable bonds is 5. The monoisotopic (exact) mass is 261 g/mol. The molecular formula is C12H15N5O2. The first-order chi connectivity index (χ1) is 9.19. The lowest BCUT2D eigenvalue weighted by molar-refractivity contribution is 0.318. The van der Waals surface area contributed by atoms with Crippen LogP contribution < -0.4 is 11.1 Å². The molecule has 100 valence electrons. The number of oxazole rings is 1. The van der Waals surface area contributed by atoms with Crippen LogP contribution in [0.3, 0.4) is 0 Å². The van der Waals surface area contributed by atoms with Crippen LogP contribution in [0.2, 0.25) is 0 Å². The number of oxime groups is 1. The maximum Gasteiger partial charge on any atom is 0.208 e. The molecule has 7 nitrogen and oxygen atoms in total. The molecule has 0 saturated heterocycles. The number of nitrogens with two attached hydrogens (primary N) is 1. The molecule has 0 amide bonds. The van der Waals surface area contributed by atoms with Crippen LogP contribution in [0.15, 0.2) is 34.1 Å². The minimum atomic E-state index is -0.00910. The molecule has 2 aromatic rings. The zero-order valence-corrected chi connectivity index (χ0v) is 10.5. The van der Waals surface area contributed by atoms with Crippen molar-refractivity contribution in [3.05, 3.63) is 47.4 Å². The van der Waals surface area contributed by atoms with E-state index in [2.05, 4.69) is 20.4 Å². The van der Waals surface area contributed by atoms with Crippen LogP contribution in [0.25, 0.3) is 0 Å². The van der Waals surface area contributed by atoms with Crippen molar-refractivity contribution in [2.45, 2.75) is 20.0 Å². The van der Waals surface area contributed by atoms with Crippen LogP contribution in [0.1, 0.15) is 22.9 Å². The number of hydrogen-bond donors (Lipinski definition) is 3. The maximum atomic E-state index is 8.59. The Hall–Kier alpha value is -2.41. The Bertz CT molecular complexity index is 579. The third-order valence-electron chi connectivity index (χ3n) is 2.47. The van der Waals surface area contributed by atoms with E-state index in [1.54, 1.807) is 18.5 Å². The van der Waals surface area contributed by atoms with Crippen LogP contribution in [-0.2, 0) is 13.1 Å². The third-order valence-corrected chi connectivity index (χ3v) is 2.47. The van der Waals surface area contributed by atoms with Crippen molar-refractivity contribution in [2.24, 2.45) is 10.9 Å². The van der Waals surface area contributed by atoms with Crippen molar-refractivity contribution in [1.82, 2.24) is 15.3 Å². The number of aromatic nitrogens is 2. The van der Waals surface area contributed by atoms with E-state index >= 15 is 0 Å². The highest BCUT2D eigenvalue weighted by molar-refractivity contribution is 5.95. The Labute approximate surface area is 110 Å². The van der Waals surface area contributed by atoms with E-state index in [0.717, 1.165) is 11.3 Å². The lowest BCUT2D eigenvalue weighted by Gasteiger charge is -2.04. The van der Waals surface area contributed by atoms with Crippen molar-refractivity contribution < 1.29 is 9.62 Å². The number of hydrogen-bond acceptors (Lipinski definition) is 6. The molecule has 2 rings (SSSR count). The Kier molecular flexibility index (Phi) is 4.09. The van der Waals surface area contributed by atoms with Gasteiger partial charge in [-0.2, -0.15) is 0 Å². The largest absolute Gasteiger partial charge is 0.445 e. The highest BCUT2D eigenvalue weighted by Crippen LogP contribution is 2.04. The summed E-state index contributed by atoms with van der Waals surface area (Å²) in [6.45, 7) is 2.99. The molecule has 0 aromatic carbocycles. The number of nitrogens with one attached hydrogen (secondary N) is 1. The van der Waals surface area contributed by atoms with E-state index in [-0.39, 0.29) is 5.84 Å². The third kappa shape index (κ3) is 3.52. The number of aryl methyl sites for hydroxylation is 1. The summed E-state index contributed by atoms with van der Waals surface area (Å²) in [4.78, 5) is 8.10. The molecule has 19 heavy (non-hydrogen) atoms. The number of nitrogens with zero attached hydrogens (tertiary/aromatic N) is 3. The molecule has 0 aliphatic heterocycles. The van der Waals surface area contributed by atoms with Gasteiger partial charge in [-0.05, 0) is 24.6 Å². The van der Waals surface area contributed by atoms with Gasteiger partial charge in [-0.15, -0.1) is 0 Å². The lowest BCUT2D eigenvalue weighted by Crippen LogP contribution is -2.17. The molecule has 7 heteroatoms. The van der Waals surface area contributed by atoms with E-state index in [1.807, 2.05) is 13.0 Å². The summed E-state index contributed by atoms with van der Waals surface area (Å²) in [5.41, 5.74) is 6.89. The van der Waals surface area contributed by atoms with Crippen molar-refractivity contribution in [2.75, 3.05) is 0 Å². The average molecular weight is 261 g/mol. The summed E-state index contributed by atoms with van der Waals surface area (Å²) in [6.07, 6.45) is 3.29. The Morgan fingerprint density at radius 1 is 1.47 bits per heavy atom. The van der Waals surface area contributed by atoms with Crippen LogP contribution in [0.5, 0.6) is 0 Å². The zero-order chi connectivity index (χ0) is 13.7. The van der Waals surface area contributed by atoms with Crippen molar-refractivity contribution in [3.63, 3.8) is 0 Å². The molecule has 4 N–H and O–H groups in total. The fourth-order valence-electron chi connectivity index (χ4n) is 1.57. The van der Waals surface area contributed by atoms with E-state index < -0.39 is 0 Å². The van der Waals surface area contributed by atoms with Gasteiger partial charge in [0.05, 0.1) is 12.7 Å². The summed E-state index contributed by atoms with van der Waals surface area (Å²) < 4.78 is 5.34. The van der Waals surface area contributed by atoms with Gasteiger partial charge >= 0.3 is 0 Å². The van der Waals surface area contributed by atoms with E-state index in [9.17, 15) is 0 Å². The van der Waals surface area contributed by atoms with Gasteiger partial charge in [-0.1, -0.05) is 5.16 Å². The predicted octanol–water partition coefficient (Wildman–Crippen LogP) is 0.762. The molecule has 0 aliphatic carbocycles. The molecule has 0 unspecified atom stereocenters. The van der Waals surface area contributed by atoms with Gasteiger partial charge in [0.25, 0.3) is 0 Å². The molecule has 0 atom stereocenters. The first-order valence-electron chi connectivity index (χ1n) is 5.74. The summed E-state index contributed by atoms with van der Waals surface area (Å²) in [7, 11) is 0. The second-order valence-electron chi connectivity index (χ2n) is 4.00. The molecule has 0 saturated carbocycles. The molecule has 2 heterocycles. The molecule has 2 aromatic heterocycles. The van der Waals surface area contributed by atoms with Crippen LogP contribution in [0, 0.1) is 6.92 Å². The second kappa shape index (κ2) is 5.96. The Morgan fingerprint density at radius 2 is 2.32 bits per heavy atom. The fourth-order valence-corrected chi connectivity index (χ4v) is 1.57. The summed E-state index contributed by atoms with van der Waals surface area (Å²) >= 11 is 0. The quantitative estimate of drug-likeness (QED) is 0.317. The average Bonchev–Trinajstić information content (AvgIpc) is 2.84. The first-order valence-corrected chi connectivity index (χ1v) is 5.74. The summed E-state index contributed by atoms with van der Waals surface area (Å²) in [5.74, 6) is 1.42.